The van der Waals surface area contributed by atoms with Crippen LogP contribution in [0.25, 0.3) is 0 Å². The van der Waals surface area contributed by atoms with Crippen molar-refractivity contribution in [2.24, 2.45) is 0 Å². The molecule has 0 saturated heterocycles. The van der Waals surface area contributed by atoms with Crippen LogP contribution >= 0.6 is 11.6 Å². The minimum absolute atomic E-state index is 0.00322. The number of nitro groups is 1. The van der Waals surface area contributed by atoms with Crippen LogP contribution in [-0.2, 0) is 4.74 Å². The number of carbonyl (C=O) groups excluding carboxylic acids is 1. The summed E-state index contributed by atoms with van der Waals surface area (Å²) in [5.74, 6) is -0.470. The molecule has 0 aliphatic rings. The van der Waals surface area contributed by atoms with Crippen LogP contribution in [0, 0.1) is 17.0 Å². The lowest BCUT2D eigenvalue weighted by molar-refractivity contribution is -0.383. The molecule has 0 atom stereocenters. The van der Waals surface area contributed by atoms with Gasteiger partial charge in [0.2, 0.25) is 11.6 Å². The van der Waals surface area contributed by atoms with Crippen LogP contribution < -0.4 is 10.6 Å². The Bertz CT molecular complexity index is 1070. The van der Waals surface area contributed by atoms with Crippen LogP contribution in [0.3, 0.4) is 0 Å². The van der Waals surface area contributed by atoms with Gasteiger partial charge in [0.05, 0.1) is 17.6 Å². The number of benzene rings is 2. The Morgan fingerprint density at radius 1 is 1.07 bits per heavy atom. The molecule has 10 heteroatoms. The molecule has 0 saturated carbocycles. The van der Waals surface area contributed by atoms with Crippen molar-refractivity contribution in [3.8, 4) is 0 Å². The molecular formula is C19H16ClN5O4. The Hall–Kier alpha value is -3.72. The summed E-state index contributed by atoms with van der Waals surface area (Å²) in [6, 6.07) is 11.4. The highest BCUT2D eigenvalue weighted by Crippen LogP contribution is 2.33. The van der Waals surface area contributed by atoms with E-state index < -0.39 is 10.9 Å². The molecule has 2 N–H and O–H groups in total. The van der Waals surface area contributed by atoms with Gasteiger partial charge in [0.1, 0.15) is 6.33 Å². The molecule has 0 bridgehead atoms. The highest BCUT2D eigenvalue weighted by molar-refractivity contribution is 6.31. The fraction of sp³-hybridized carbons (Fsp3) is 0.105. The number of ether oxygens (including phenoxy) is 1. The zero-order chi connectivity index (χ0) is 21.0. The monoisotopic (exact) mass is 413 g/mol. The third kappa shape index (κ3) is 4.58. The van der Waals surface area contributed by atoms with Crippen molar-refractivity contribution < 1.29 is 14.5 Å². The van der Waals surface area contributed by atoms with E-state index in [9.17, 15) is 14.9 Å². The minimum Gasteiger partial charge on any atom is -0.465 e. The molecule has 0 aliphatic carbocycles. The first-order valence-corrected chi connectivity index (χ1v) is 8.75. The lowest BCUT2D eigenvalue weighted by Crippen LogP contribution is -2.06. The van der Waals surface area contributed by atoms with Crippen molar-refractivity contribution in [1.82, 2.24) is 9.97 Å². The number of anilines is 4. The fourth-order valence-electron chi connectivity index (χ4n) is 2.49. The summed E-state index contributed by atoms with van der Waals surface area (Å²) in [5, 5.41) is 18.0. The van der Waals surface area contributed by atoms with Crippen LogP contribution in [0.1, 0.15) is 15.9 Å². The van der Waals surface area contributed by atoms with Crippen molar-refractivity contribution >= 4 is 46.3 Å². The standard InChI is InChI=1S/C19H16ClN5O4/c1-11-3-6-14(9-15(11)20)24-18-16(25(27)28)17(21-10-22-18)23-13-7-4-12(5-8-13)19(26)29-2/h3-10H,1-2H3,(H2,21,22,23,24). The van der Waals surface area contributed by atoms with Gasteiger partial charge in [-0.3, -0.25) is 10.1 Å². The zero-order valence-corrected chi connectivity index (χ0v) is 16.2. The molecule has 0 radical (unpaired) electrons. The lowest BCUT2D eigenvalue weighted by atomic mass is 10.2. The number of rotatable bonds is 6. The van der Waals surface area contributed by atoms with Crippen molar-refractivity contribution in [3.63, 3.8) is 0 Å². The first-order valence-electron chi connectivity index (χ1n) is 8.37. The van der Waals surface area contributed by atoms with E-state index in [0.29, 0.717) is 22.0 Å². The first kappa shape index (κ1) is 20.0. The maximum atomic E-state index is 11.7. The average Bonchev–Trinajstić information content (AvgIpc) is 2.70. The Labute approximate surface area is 170 Å². The van der Waals surface area contributed by atoms with Crippen LogP contribution in [-0.4, -0.2) is 28.0 Å². The van der Waals surface area contributed by atoms with E-state index in [1.54, 1.807) is 30.3 Å². The van der Waals surface area contributed by atoms with E-state index >= 15 is 0 Å². The van der Waals surface area contributed by atoms with Crippen molar-refractivity contribution in [2.75, 3.05) is 17.7 Å². The third-order valence-corrected chi connectivity index (χ3v) is 4.42. The number of halogens is 1. The number of carbonyl (C=O) groups is 1. The molecule has 0 aliphatic heterocycles. The summed E-state index contributed by atoms with van der Waals surface area (Å²) in [7, 11) is 1.29. The highest BCUT2D eigenvalue weighted by Gasteiger charge is 2.23. The normalized spacial score (nSPS) is 10.3. The SMILES string of the molecule is COC(=O)c1ccc(Nc2ncnc(Nc3ccc(C)c(Cl)c3)c2[N+](=O)[O-])cc1. The van der Waals surface area contributed by atoms with Gasteiger partial charge < -0.3 is 15.4 Å². The van der Waals surface area contributed by atoms with Crippen molar-refractivity contribution in [3.05, 3.63) is 75.1 Å². The third-order valence-electron chi connectivity index (χ3n) is 4.01. The predicted octanol–water partition coefficient (Wildman–Crippen LogP) is 4.62. The number of hydrogen-bond acceptors (Lipinski definition) is 8. The Balaban J connectivity index is 1.91. The number of aryl methyl sites for hydroxylation is 1. The second kappa shape index (κ2) is 8.53. The van der Waals surface area contributed by atoms with E-state index in [4.69, 9.17) is 11.6 Å². The number of esters is 1. The molecular weight excluding hydrogens is 398 g/mol. The molecule has 0 fully saturated rings. The first-order chi connectivity index (χ1) is 13.9. The quantitative estimate of drug-likeness (QED) is 0.341. The van der Waals surface area contributed by atoms with Gasteiger partial charge >= 0.3 is 11.7 Å². The Kier molecular flexibility index (Phi) is 5.89. The number of methoxy groups -OCH3 is 1. The molecule has 1 heterocycles. The van der Waals surface area contributed by atoms with Crippen molar-refractivity contribution in [2.45, 2.75) is 6.92 Å². The van der Waals surface area contributed by atoms with Crippen LogP contribution in [0.4, 0.5) is 28.7 Å². The van der Waals surface area contributed by atoms with E-state index in [1.165, 1.54) is 25.6 Å². The molecule has 148 valence electrons. The number of hydrogen-bond donors (Lipinski definition) is 2. The molecule has 0 amide bonds. The largest absolute Gasteiger partial charge is 0.465 e. The molecule has 2 aromatic carbocycles. The van der Waals surface area contributed by atoms with Gasteiger partial charge in [-0.1, -0.05) is 17.7 Å². The van der Waals surface area contributed by atoms with Gasteiger partial charge in [-0.25, -0.2) is 14.8 Å². The lowest BCUT2D eigenvalue weighted by Gasteiger charge is -2.11. The summed E-state index contributed by atoms with van der Waals surface area (Å²) >= 11 is 6.11. The summed E-state index contributed by atoms with van der Waals surface area (Å²) in [6.45, 7) is 1.85. The summed E-state index contributed by atoms with van der Waals surface area (Å²) in [6.07, 6.45) is 1.20. The van der Waals surface area contributed by atoms with Gasteiger partial charge in [0, 0.05) is 16.4 Å². The van der Waals surface area contributed by atoms with Gasteiger partial charge in [0.25, 0.3) is 0 Å². The number of nitrogens with zero attached hydrogens (tertiary/aromatic N) is 3. The highest BCUT2D eigenvalue weighted by atomic mass is 35.5. The van der Waals surface area contributed by atoms with Crippen molar-refractivity contribution in [1.29, 1.82) is 0 Å². The Morgan fingerprint density at radius 3 is 2.21 bits per heavy atom. The fourth-order valence-corrected chi connectivity index (χ4v) is 2.67. The maximum absolute atomic E-state index is 11.7. The molecule has 1 aromatic heterocycles. The van der Waals surface area contributed by atoms with Gasteiger partial charge in [-0.2, -0.15) is 0 Å². The summed E-state index contributed by atoms with van der Waals surface area (Å²) < 4.78 is 4.65. The van der Waals surface area contributed by atoms with Gasteiger partial charge in [0.15, 0.2) is 0 Å². The maximum Gasteiger partial charge on any atom is 0.353 e. The molecule has 0 spiro atoms. The van der Waals surface area contributed by atoms with Crippen LogP contribution in [0.5, 0.6) is 0 Å². The van der Waals surface area contributed by atoms with Crippen LogP contribution in [0.15, 0.2) is 48.8 Å². The summed E-state index contributed by atoms with van der Waals surface area (Å²) in [5.41, 5.74) is 1.96. The molecule has 29 heavy (non-hydrogen) atoms. The summed E-state index contributed by atoms with van der Waals surface area (Å²) in [4.78, 5) is 30.6. The molecule has 3 aromatic rings. The smallest absolute Gasteiger partial charge is 0.353 e. The minimum atomic E-state index is -0.580. The average molecular weight is 414 g/mol. The van der Waals surface area contributed by atoms with E-state index in [2.05, 4.69) is 25.3 Å². The molecule has 3 rings (SSSR count). The topological polar surface area (TPSA) is 119 Å². The Morgan fingerprint density at radius 2 is 1.66 bits per heavy atom. The van der Waals surface area contributed by atoms with Gasteiger partial charge in [-0.15, -0.1) is 0 Å². The zero-order valence-electron chi connectivity index (χ0n) is 15.5. The second-order valence-electron chi connectivity index (χ2n) is 5.96. The second-order valence-corrected chi connectivity index (χ2v) is 6.37. The van der Waals surface area contributed by atoms with E-state index in [0.717, 1.165) is 5.56 Å². The van der Waals surface area contributed by atoms with Gasteiger partial charge in [-0.05, 0) is 48.9 Å². The van der Waals surface area contributed by atoms with E-state index in [1.807, 2.05) is 6.92 Å². The van der Waals surface area contributed by atoms with Crippen LogP contribution in [0.2, 0.25) is 5.02 Å². The predicted molar refractivity (Wildman–Crippen MR) is 109 cm³/mol. The van der Waals surface area contributed by atoms with E-state index in [-0.39, 0.29) is 17.3 Å². The number of aromatic nitrogens is 2. The molecule has 0 unspecified atom stereocenters. The number of nitrogens with one attached hydrogen (secondary N) is 2. The molecule has 9 nitrogen and oxygen atoms in total.